The average Bonchev–Trinajstić information content (AvgIpc) is 2.65. The van der Waals surface area contributed by atoms with E-state index in [4.69, 9.17) is 5.73 Å². The SMILES string of the molecule is CN1CCC(Nc2ccc(-c3ccc(N)c4ccccc34)cn2)CC1. The molecule has 0 radical (unpaired) electrons. The second-order valence-electron chi connectivity index (χ2n) is 6.90. The highest BCUT2D eigenvalue weighted by Crippen LogP contribution is 2.32. The Morgan fingerprint density at radius 2 is 1.76 bits per heavy atom. The Morgan fingerprint density at radius 1 is 1.00 bits per heavy atom. The number of anilines is 2. The standard InChI is InChI=1S/C21H24N4/c1-25-12-10-16(11-13-25)24-21-9-6-15(14-23-21)17-7-8-20(22)19-5-3-2-4-18(17)19/h2-9,14,16H,10-13,22H2,1H3,(H,23,24). The summed E-state index contributed by atoms with van der Waals surface area (Å²) in [6.45, 7) is 2.29. The number of pyridine rings is 1. The zero-order chi connectivity index (χ0) is 17.2. The summed E-state index contributed by atoms with van der Waals surface area (Å²) < 4.78 is 0. The summed E-state index contributed by atoms with van der Waals surface area (Å²) in [5, 5.41) is 5.83. The lowest BCUT2D eigenvalue weighted by atomic mass is 9.98. The molecular formula is C21H24N4. The van der Waals surface area contributed by atoms with Crippen molar-refractivity contribution >= 4 is 22.3 Å². The first-order chi connectivity index (χ1) is 12.2. The van der Waals surface area contributed by atoms with Gasteiger partial charge in [-0.15, -0.1) is 0 Å². The average molecular weight is 332 g/mol. The van der Waals surface area contributed by atoms with E-state index < -0.39 is 0 Å². The van der Waals surface area contributed by atoms with Gasteiger partial charge in [-0.2, -0.15) is 0 Å². The molecule has 3 N–H and O–H groups in total. The second kappa shape index (κ2) is 6.73. The van der Waals surface area contributed by atoms with Gasteiger partial charge < -0.3 is 16.0 Å². The number of hydrogen-bond acceptors (Lipinski definition) is 4. The Balaban J connectivity index is 1.58. The molecule has 0 bridgehead atoms. The highest BCUT2D eigenvalue weighted by molar-refractivity contribution is 6.02. The van der Waals surface area contributed by atoms with E-state index in [1.807, 2.05) is 18.3 Å². The molecule has 3 aromatic rings. The summed E-state index contributed by atoms with van der Waals surface area (Å²) >= 11 is 0. The topological polar surface area (TPSA) is 54.2 Å². The van der Waals surface area contributed by atoms with Crippen LogP contribution in [0.2, 0.25) is 0 Å². The van der Waals surface area contributed by atoms with Crippen LogP contribution in [0, 0.1) is 0 Å². The van der Waals surface area contributed by atoms with Crippen LogP contribution in [0.25, 0.3) is 21.9 Å². The summed E-state index contributed by atoms with van der Waals surface area (Å²) in [5.74, 6) is 0.957. The lowest BCUT2D eigenvalue weighted by Crippen LogP contribution is -2.36. The molecule has 1 fully saturated rings. The van der Waals surface area contributed by atoms with Crippen molar-refractivity contribution in [1.82, 2.24) is 9.88 Å². The van der Waals surface area contributed by atoms with Gasteiger partial charge in [0, 0.05) is 28.9 Å². The van der Waals surface area contributed by atoms with E-state index >= 15 is 0 Å². The van der Waals surface area contributed by atoms with E-state index in [1.165, 1.54) is 23.8 Å². The van der Waals surface area contributed by atoms with Gasteiger partial charge in [-0.05, 0) is 62.1 Å². The molecule has 1 aliphatic heterocycles. The van der Waals surface area contributed by atoms with Crippen LogP contribution in [-0.2, 0) is 0 Å². The van der Waals surface area contributed by atoms with Crippen LogP contribution < -0.4 is 11.1 Å². The lowest BCUT2D eigenvalue weighted by molar-refractivity contribution is 0.263. The first-order valence-electron chi connectivity index (χ1n) is 8.89. The van der Waals surface area contributed by atoms with E-state index in [2.05, 4.69) is 58.6 Å². The third-order valence-corrected chi connectivity index (χ3v) is 5.10. The maximum absolute atomic E-state index is 6.11. The van der Waals surface area contributed by atoms with Gasteiger partial charge in [-0.25, -0.2) is 4.98 Å². The molecule has 0 spiro atoms. The van der Waals surface area contributed by atoms with E-state index in [0.717, 1.165) is 35.5 Å². The largest absolute Gasteiger partial charge is 0.398 e. The third kappa shape index (κ3) is 3.30. The predicted octanol–water partition coefficient (Wildman–Crippen LogP) is 3.99. The number of benzene rings is 2. The van der Waals surface area contributed by atoms with E-state index in [-0.39, 0.29) is 0 Å². The van der Waals surface area contributed by atoms with Gasteiger partial charge in [-0.3, -0.25) is 0 Å². The van der Waals surface area contributed by atoms with E-state index in [1.54, 1.807) is 0 Å². The summed E-state index contributed by atoms with van der Waals surface area (Å²) in [6.07, 6.45) is 4.29. The van der Waals surface area contributed by atoms with E-state index in [9.17, 15) is 0 Å². The molecule has 4 rings (SSSR count). The molecule has 0 atom stereocenters. The Kier molecular flexibility index (Phi) is 4.28. The molecule has 4 nitrogen and oxygen atoms in total. The first kappa shape index (κ1) is 15.9. The van der Waals surface area contributed by atoms with Crippen LogP contribution in [-0.4, -0.2) is 36.1 Å². The fourth-order valence-electron chi connectivity index (χ4n) is 3.57. The van der Waals surface area contributed by atoms with Gasteiger partial charge >= 0.3 is 0 Å². The Bertz CT molecular complexity index is 865. The Hall–Kier alpha value is -2.59. The maximum Gasteiger partial charge on any atom is 0.126 e. The molecule has 2 heterocycles. The number of likely N-dealkylation sites (tertiary alicyclic amines) is 1. The number of fused-ring (bicyclic) bond motifs is 1. The van der Waals surface area contributed by atoms with Crippen LogP contribution in [0.5, 0.6) is 0 Å². The molecule has 0 amide bonds. The number of nitrogens with one attached hydrogen (secondary N) is 1. The number of rotatable bonds is 3. The fraction of sp³-hybridized carbons (Fsp3) is 0.286. The zero-order valence-corrected chi connectivity index (χ0v) is 14.6. The fourth-order valence-corrected chi connectivity index (χ4v) is 3.57. The van der Waals surface area contributed by atoms with Crippen molar-refractivity contribution in [1.29, 1.82) is 0 Å². The van der Waals surface area contributed by atoms with Crippen molar-refractivity contribution in [2.24, 2.45) is 0 Å². The molecule has 128 valence electrons. The summed E-state index contributed by atoms with van der Waals surface area (Å²) in [5.41, 5.74) is 9.21. The van der Waals surface area contributed by atoms with Gasteiger partial charge in [0.2, 0.25) is 0 Å². The highest BCUT2D eigenvalue weighted by Gasteiger charge is 2.16. The summed E-state index contributed by atoms with van der Waals surface area (Å²) in [7, 11) is 2.18. The summed E-state index contributed by atoms with van der Waals surface area (Å²) in [4.78, 5) is 7.02. The molecule has 0 unspecified atom stereocenters. The normalized spacial score (nSPS) is 16.2. The smallest absolute Gasteiger partial charge is 0.126 e. The van der Waals surface area contributed by atoms with Gasteiger partial charge in [0.05, 0.1) is 0 Å². The van der Waals surface area contributed by atoms with Crippen molar-refractivity contribution in [3.8, 4) is 11.1 Å². The number of piperidine rings is 1. The zero-order valence-electron chi connectivity index (χ0n) is 14.6. The number of hydrogen-bond donors (Lipinski definition) is 2. The number of nitrogens with two attached hydrogens (primary N) is 1. The minimum Gasteiger partial charge on any atom is -0.398 e. The Morgan fingerprint density at radius 3 is 2.48 bits per heavy atom. The van der Waals surface area contributed by atoms with Crippen LogP contribution in [0.3, 0.4) is 0 Å². The number of nitrogens with zero attached hydrogens (tertiary/aromatic N) is 2. The number of nitrogen functional groups attached to an aromatic ring is 1. The van der Waals surface area contributed by atoms with Gasteiger partial charge in [-0.1, -0.05) is 30.3 Å². The second-order valence-corrected chi connectivity index (χ2v) is 6.90. The molecule has 1 saturated heterocycles. The van der Waals surface area contributed by atoms with Gasteiger partial charge in [0.15, 0.2) is 0 Å². The molecule has 4 heteroatoms. The molecule has 25 heavy (non-hydrogen) atoms. The number of aromatic nitrogens is 1. The van der Waals surface area contributed by atoms with Gasteiger partial charge in [0.25, 0.3) is 0 Å². The molecule has 1 aromatic heterocycles. The highest BCUT2D eigenvalue weighted by atomic mass is 15.1. The van der Waals surface area contributed by atoms with Crippen LogP contribution in [0.1, 0.15) is 12.8 Å². The minimum atomic E-state index is 0.520. The molecular weight excluding hydrogens is 308 g/mol. The van der Waals surface area contributed by atoms with Crippen molar-refractivity contribution in [2.45, 2.75) is 18.9 Å². The van der Waals surface area contributed by atoms with Crippen LogP contribution >= 0.6 is 0 Å². The minimum absolute atomic E-state index is 0.520. The predicted molar refractivity (Wildman–Crippen MR) is 106 cm³/mol. The molecule has 0 saturated carbocycles. The van der Waals surface area contributed by atoms with Crippen molar-refractivity contribution in [2.75, 3.05) is 31.2 Å². The van der Waals surface area contributed by atoms with Crippen molar-refractivity contribution in [3.05, 3.63) is 54.7 Å². The quantitative estimate of drug-likeness (QED) is 0.712. The molecule has 1 aliphatic rings. The molecule has 0 aliphatic carbocycles. The van der Waals surface area contributed by atoms with Gasteiger partial charge in [0.1, 0.15) is 5.82 Å². The lowest BCUT2D eigenvalue weighted by Gasteiger charge is -2.29. The monoisotopic (exact) mass is 332 g/mol. The van der Waals surface area contributed by atoms with Crippen LogP contribution in [0.4, 0.5) is 11.5 Å². The van der Waals surface area contributed by atoms with E-state index in [0.29, 0.717) is 6.04 Å². The maximum atomic E-state index is 6.11. The van der Waals surface area contributed by atoms with Crippen molar-refractivity contribution in [3.63, 3.8) is 0 Å². The first-order valence-corrected chi connectivity index (χ1v) is 8.89. The summed E-state index contributed by atoms with van der Waals surface area (Å²) in [6, 6.07) is 17.1. The third-order valence-electron chi connectivity index (χ3n) is 5.10. The molecule has 2 aromatic carbocycles. The Labute approximate surface area is 148 Å². The van der Waals surface area contributed by atoms with Crippen molar-refractivity contribution < 1.29 is 0 Å². The van der Waals surface area contributed by atoms with Crippen LogP contribution in [0.15, 0.2) is 54.7 Å².